The minimum atomic E-state index is -4.39. The van der Waals surface area contributed by atoms with Crippen LogP contribution in [0.4, 0.5) is 19.0 Å². The Morgan fingerprint density at radius 3 is 2.51 bits per heavy atom. The molecule has 0 spiro atoms. The van der Waals surface area contributed by atoms with E-state index in [9.17, 15) is 13.2 Å². The van der Waals surface area contributed by atoms with Crippen LogP contribution in [0.15, 0.2) is 18.2 Å². The van der Waals surface area contributed by atoms with Crippen molar-refractivity contribution < 1.29 is 13.2 Å². The molecule has 35 heavy (non-hydrogen) atoms. The summed E-state index contributed by atoms with van der Waals surface area (Å²) in [5.74, 6) is 6.47. The third-order valence-electron chi connectivity index (χ3n) is 8.05. The Bertz CT molecular complexity index is 1090. The molecule has 1 heterocycles. The topological polar surface area (TPSA) is 37.8 Å². The maximum atomic E-state index is 13.5. The molecule has 1 aromatic heterocycles. The Hall–Kier alpha value is -2.55. The number of halogens is 3. The first-order chi connectivity index (χ1) is 16.7. The quantitative estimate of drug-likeness (QED) is 0.370. The standard InChI is InChI=1S/C29H36F3N3/c1-6-8-11-20(7-2)27-26(16-24-22-13-9-14-23(22)24)34-19(5)35-28(27)33-18(4)21-12-10-15-25(17(21)3)29(30,31)32/h2,10,12,15,18,20,22-24H,6,8-9,11,13-14,16H2,1,3-5H3,(H,33,34,35). The summed E-state index contributed by atoms with van der Waals surface area (Å²) in [6.07, 6.45) is 9.37. The average molecular weight is 484 g/mol. The molecule has 4 rings (SSSR count). The second-order valence-electron chi connectivity index (χ2n) is 10.4. The van der Waals surface area contributed by atoms with Crippen LogP contribution in [0.5, 0.6) is 0 Å². The minimum Gasteiger partial charge on any atom is -0.363 e. The summed E-state index contributed by atoms with van der Waals surface area (Å²) < 4.78 is 40.6. The molecule has 1 N–H and O–H groups in total. The second kappa shape index (κ2) is 10.2. The number of benzene rings is 1. The van der Waals surface area contributed by atoms with Gasteiger partial charge in [0.05, 0.1) is 23.2 Å². The third kappa shape index (κ3) is 5.34. The van der Waals surface area contributed by atoms with Gasteiger partial charge in [-0.05, 0) is 81.4 Å². The van der Waals surface area contributed by atoms with Gasteiger partial charge in [0.2, 0.25) is 0 Å². The first-order valence-electron chi connectivity index (χ1n) is 12.9. The van der Waals surface area contributed by atoms with Gasteiger partial charge < -0.3 is 5.32 Å². The zero-order valence-corrected chi connectivity index (χ0v) is 21.2. The van der Waals surface area contributed by atoms with E-state index in [1.165, 1.54) is 32.3 Å². The predicted molar refractivity (Wildman–Crippen MR) is 134 cm³/mol. The van der Waals surface area contributed by atoms with Crippen molar-refractivity contribution in [3.63, 3.8) is 0 Å². The van der Waals surface area contributed by atoms with Crippen LogP contribution in [0, 0.1) is 43.9 Å². The van der Waals surface area contributed by atoms with Gasteiger partial charge in [0.1, 0.15) is 11.6 Å². The summed E-state index contributed by atoms with van der Waals surface area (Å²) in [5, 5.41) is 3.45. The molecule has 0 saturated heterocycles. The van der Waals surface area contributed by atoms with Crippen molar-refractivity contribution >= 4 is 5.82 Å². The molecule has 2 aliphatic rings. The van der Waals surface area contributed by atoms with E-state index in [4.69, 9.17) is 16.4 Å². The van der Waals surface area contributed by atoms with E-state index >= 15 is 0 Å². The first kappa shape index (κ1) is 25.5. The first-order valence-corrected chi connectivity index (χ1v) is 12.9. The van der Waals surface area contributed by atoms with Crippen LogP contribution in [0.25, 0.3) is 0 Å². The number of unbranched alkanes of at least 4 members (excludes halogenated alkanes) is 1. The lowest BCUT2D eigenvalue weighted by Crippen LogP contribution is -2.18. The Morgan fingerprint density at radius 2 is 1.89 bits per heavy atom. The molecule has 4 unspecified atom stereocenters. The fourth-order valence-electron chi connectivity index (χ4n) is 6.20. The van der Waals surface area contributed by atoms with Gasteiger partial charge in [-0.2, -0.15) is 13.2 Å². The Balaban J connectivity index is 1.70. The molecular formula is C29H36F3N3. The van der Waals surface area contributed by atoms with Crippen LogP contribution < -0.4 is 5.32 Å². The maximum Gasteiger partial charge on any atom is 0.416 e. The number of nitrogens with zero attached hydrogens (tertiary/aromatic N) is 2. The van der Waals surface area contributed by atoms with Crippen LogP contribution in [-0.4, -0.2) is 9.97 Å². The SMILES string of the molecule is C#CC(CCCC)c1c(CC2C3CCCC32)nc(C)nc1NC(C)c1cccc(C(F)(F)F)c1C. The van der Waals surface area contributed by atoms with Gasteiger partial charge >= 0.3 is 6.18 Å². The number of aromatic nitrogens is 2. The predicted octanol–water partition coefficient (Wildman–Crippen LogP) is 7.78. The number of hydrogen-bond donors (Lipinski definition) is 1. The summed E-state index contributed by atoms with van der Waals surface area (Å²) in [6.45, 7) is 7.43. The van der Waals surface area contributed by atoms with Gasteiger partial charge in [0.25, 0.3) is 0 Å². The molecule has 0 aliphatic heterocycles. The molecule has 188 valence electrons. The van der Waals surface area contributed by atoms with E-state index in [2.05, 4.69) is 18.2 Å². The Labute approximate surface area is 207 Å². The molecule has 0 bridgehead atoms. The van der Waals surface area contributed by atoms with Crippen LogP contribution in [0.3, 0.4) is 0 Å². The number of nitrogens with one attached hydrogen (secondary N) is 1. The molecule has 2 fully saturated rings. The largest absolute Gasteiger partial charge is 0.416 e. The van der Waals surface area contributed by atoms with Crippen molar-refractivity contribution in [3.8, 4) is 12.3 Å². The number of anilines is 1. The van der Waals surface area contributed by atoms with Crippen LogP contribution in [0.2, 0.25) is 0 Å². The van der Waals surface area contributed by atoms with Gasteiger partial charge in [0.15, 0.2) is 0 Å². The lowest BCUT2D eigenvalue weighted by molar-refractivity contribution is -0.138. The summed E-state index contributed by atoms with van der Waals surface area (Å²) >= 11 is 0. The molecule has 6 heteroatoms. The zero-order chi connectivity index (χ0) is 25.3. The molecule has 2 saturated carbocycles. The van der Waals surface area contributed by atoms with Crippen molar-refractivity contribution in [2.45, 2.75) is 90.8 Å². The lowest BCUT2D eigenvalue weighted by atomic mass is 9.90. The van der Waals surface area contributed by atoms with Gasteiger partial charge in [-0.3, -0.25) is 0 Å². The van der Waals surface area contributed by atoms with Crippen molar-refractivity contribution in [1.82, 2.24) is 9.97 Å². The molecule has 0 amide bonds. The van der Waals surface area contributed by atoms with Gasteiger partial charge in [-0.1, -0.05) is 44.2 Å². The van der Waals surface area contributed by atoms with E-state index in [-0.39, 0.29) is 17.5 Å². The number of terminal acetylenes is 1. The number of alkyl halides is 3. The highest BCUT2D eigenvalue weighted by Crippen LogP contribution is 2.59. The molecule has 0 radical (unpaired) electrons. The highest BCUT2D eigenvalue weighted by molar-refractivity contribution is 5.54. The number of fused-ring (bicyclic) bond motifs is 1. The normalized spacial score (nSPS) is 22.9. The molecule has 4 atom stereocenters. The third-order valence-corrected chi connectivity index (χ3v) is 8.05. The van der Waals surface area contributed by atoms with Crippen LogP contribution >= 0.6 is 0 Å². The summed E-state index contributed by atoms with van der Waals surface area (Å²) in [7, 11) is 0. The number of hydrogen-bond acceptors (Lipinski definition) is 3. The highest BCUT2D eigenvalue weighted by atomic mass is 19.4. The number of rotatable bonds is 9. The highest BCUT2D eigenvalue weighted by Gasteiger charge is 2.52. The molecular weight excluding hydrogens is 447 g/mol. The van der Waals surface area contributed by atoms with Crippen molar-refractivity contribution in [2.24, 2.45) is 17.8 Å². The van der Waals surface area contributed by atoms with E-state index in [1.54, 1.807) is 6.07 Å². The maximum absolute atomic E-state index is 13.5. The van der Waals surface area contributed by atoms with Gasteiger partial charge in [-0.15, -0.1) is 6.42 Å². The van der Waals surface area contributed by atoms with Crippen molar-refractivity contribution in [2.75, 3.05) is 5.32 Å². The molecule has 2 aromatic rings. The van der Waals surface area contributed by atoms with E-state index in [1.807, 2.05) is 13.8 Å². The van der Waals surface area contributed by atoms with E-state index < -0.39 is 11.7 Å². The molecule has 3 nitrogen and oxygen atoms in total. The summed E-state index contributed by atoms with van der Waals surface area (Å²) in [6, 6.07) is 3.98. The fraction of sp³-hybridized carbons (Fsp3) is 0.586. The second-order valence-corrected chi connectivity index (χ2v) is 10.4. The smallest absolute Gasteiger partial charge is 0.363 e. The van der Waals surface area contributed by atoms with Crippen LogP contribution in [0.1, 0.15) is 98.1 Å². The minimum absolute atomic E-state index is 0.124. The number of aryl methyl sites for hydroxylation is 1. The summed E-state index contributed by atoms with van der Waals surface area (Å²) in [5.41, 5.74) is 2.22. The monoisotopic (exact) mass is 483 g/mol. The molecule has 2 aliphatic carbocycles. The fourth-order valence-corrected chi connectivity index (χ4v) is 6.20. The van der Waals surface area contributed by atoms with Gasteiger partial charge in [0, 0.05) is 5.56 Å². The van der Waals surface area contributed by atoms with Crippen LogP contribution in [-0.2, 0) is 12.6 Å². The Kier molecular flexibility index (Phi) is 7.45. The van der Waals surface area contributed by atoms with E-state index in [0.29, 0.717) is 23.1 Å². The molecule has 1 aromatic carbocycles. The van der Waals surface area contributed by atoms with Crippen molar-refractivity contribution in [1.29, 1.82) is 0 Å². The lowest BCUT2D eigenvalue weighted by Gasteiger charge is -2.25. The zero-order valence-electron chi connectivity index (χ0n) is 21.2. The van der Waals surface area contributed by atoms with E-state index in [0.717, 1.165) is 54.8 Å². The van der Waals surface area contributed by atoms with Gasteiger partial charge in [-0.25, -0.2) is 9.97 Å². The Morgan fingerprint density at radius 1 is 1.17 bits per heavy atom. The summed E-state index contributed by atoms with van der Waals surface area (Å²) in [4.78, 5) is 9.60. The average Bonchev–Trinajstić information content (AvgIpc) is 3.20. The van der Waals surface area contributed by atoms with Crippen molar-refractivity contribution in [3.05, 3.63) is 52.0 Å².